The molecule has 6 nitrogen and oxygen atoms in total. The van der Waals surface area contributed by atoms with Crippen molar-refractivity contribution in [1.82, 2.24) is 5.48 Å². The molecule has 2 fully saturated rings. The molecule has 2 aliphatic heterocycles. The van der Waals surface area contributed by atoms with Gasteiger partial charge in [0, 0.05) is 30.4 Å². The molecule has 0 aliphatic carbocycles. The quantitative estimate of drug-likeness (QED) is 0.495. The van der Waals surface area contributed by atoms with Gasteiger partial charge in [-0.15, -0.1) is 0 Å². The van der Waals surface area contributed by atoms with Gasteiger partial charge in [0.05, 0.1) is 24.6 Å². The van der Waals surface area contributed by atoms with E-state index in [0.29, 0.717) is 13.2 Å². The average molecular weight is 356 g/mol. The van der Waals surface area contributed by atoms with Crippen molar-refractivity contribution in [2.45, 2.75) is 18.6 Å². The summed E-state index contributed by atoms with van der Waals surface area (Å²) in [5.41, 5.74) is 3.80. The minimum absolute atomic E-state index is 0.347. The van der Waals surface area contributed by atoms with Crippen LogP contribution in [0, 0.1) is 0 Å². The van der Waals surface area contributed by atoms with Gasteiger partial charge in [0.15, 0.2) is 5.79 Å². The molecule has 114 valence electrons. The molecule has 0 saturated carbocycles. The Morgan fingerprint density at radius 3 is 2.62 bits per heavy atom. The molecule has 7 heteroatoms. The molecule has 0 atom stereocenters. The topological polar surface area (TPSA) is 66.3 Å². The highest BCUT2D eigenvalue weighted by Crippen LogP contribution is 2.36. The highest BCUT2D eigenvalue weighted by atomic mass is 79.9. The van der Waals surface area contributed by atoms with Crippen molar-refractivity contribution in [2.75, 3.05) is 31.2 Å². The van der Waals surface area contributed by atoms with E-state index in [2.05, 4.69) is 25.8 Å². The molecular weight excluding hydrogens is 338 g/mol. The lowest BCUT2D eigenvalue weighted by atomic mass is 10.0. The normalized spacial score (nSPS) is 21.3. The third kappa shape index (κ3) is 3.21. The number of halogens is 1. The van der Waals surface area contributed by atoms with Crippen molar-refractivity contribution in [2.24, 2.45) is 4.99 Å². The number of hydrogen-bond donors (Lipinski definition) is 2. The smallest absolute Gasteiger partial charge is 0.171 e. The standard InChI is InChI=1S/C14H18BrN3O3/c15-12-9-11(16-10-17-19)1-2-13(12)18-5-3-14(4-6-18)20-7-8-21-14/h1-2,9-10,19H,3-8H2,(H,16,17). The number of ether oxygens (including phenoxy) is 2. The van der Waals surface area contributed by atoms with Crippen LogP contribution in [0.3, 0.4) is 0 Å². The van der Waals surface area contributed by atoms with Gasteiger partial charge >= 0.3 is 0 Å². The number of hydrogen-bond acceptors (Lipinski definition) is 5. The van der Waals surface area contributed by atoms with E-state index in [1.807, 2.05) is 23.7 Å². The summed E-state index contributed by atoms with van der Waals surface area (Å²) in [7, 11) is 0. The van der Waals surface area contributed by atoms with Crippen molar-refractivity contribution in [3.05, 3.63) is 22.7 Å². The van der Waals surface area contributed by atoms with Crippen LogP contribution in [0.1, 0.15) is 12.8 Å². The Balaban J connectivity index is 1.69. The molecule has 1 aromatic carbocycles. The first-order valence-corrected chi connectivity index (χ1v) is 7.76. The van der Waals surface area contributed by atoms with Crippen LogP contribution in [0.15, 0.2) is 27.7 Å². The van der Waals surface area contributed by atoms with Crippen LogP contribution in [-0.4, -0.2) is 43.6 Å². The zero-order chi connectivity index (χ0) is 14.7. The SMILES string of the molecule is ONC=Nc1ccc(N2CCC3(CC2)OCCO3)c(Br)c1. The summed E-state index contributed by atoms with van der Waals surface area (Å²) in [5, 5.41) is 8.51. The van der Waals surface area contributed by atoms with Crippen LogP contribution in [0.25, 0.3) is 0 Å². The molecule has 2 N–H and O–H groups in total. The summed E-state index contributed by atoms with van der Waals surface area (Å²) < 4.78 is 12.5. The van der Waals surface area contributed by atoms with E-state index in [-0.39, 0.29) is 5.79 Å². The van der Waals surface area contributed by atoms with Gasteiger partial charge in [0.1, 0.15) is 6.34 Å². The number of piperidine rings is 1. The lowest BCUT2D eigenvalue weighted by molar-refractivity contribution is -0.169. The fraction of sp³-hybridized carbons (Fsp3) is 0.500. The minimum atomic E-state index is -0.347. The maximum absolute atomic E-state index is 8.51. The van der Waals surface area contributed by atoms with E-state index in [0.717, 1.165) is 41.8 Å². The number of anilines is 1. The number of nitrogens with one attached hydrogen (secondary N) is 1. The molecule has 2 aliphatic rings. The fourth-order valence-corrected chi connectivity index (χ4v) is 3.43. The van der Waals surface area contributed by atoms with Gasteiger partial charge < -0.3 is 14.4 Å². The minimum Gasteiger partial charge on any atom is -0.370 e. The molecular formula is C14H18BrN3O3. The number of hydroxylamine groups is 1. The maximum Gasteiger partial charge on any atom is 0.171 e. The molecule has 0 radical (unpaired) electrons. The Kier molecular flexibility index (Phi) is 4.44. The molecule has 1 spiro atoms. The summed E-state index contributed by atoms with van der Waals surface area (Å²) >= 11 is 3.59. The largest absolute Gasteiger partial charge is 0.370 e. The van der Waals surface area contributed by atoms with Crippen molar-refractivity contribution < 1.29 is 14.7 Å². The van der Waals surface area contributed by atoms with Gasteiger partial charge in [-0.25, -0.2) is 4.99 Å². The summed E-state index contributed by atoms with van der Waals surface area (Å²) in [6, 6.07) is 5.87. The predicted octanol–water partition coefficient (Wildman–Crippen LogP) is 2.43. The van der Waals surface area contributed by atoms with E-state index in [1.165, 1.54) is 6.34 Å². The maximum atomic E-state index is 8.51. The zero-order valence-electron chi connectivity index (χ0n) is 11.6. The predicted molar refractivity (Wildman–Crippen MR) is 83.3 cm³/mol. The second-order valence-corrected chi connectivity index (χ2v) is 5.97. The van der Waals surface area contributed by atoms with Gasteiger partial charge in [-0.2, -0.15) is 0 Å². The molecule has 21 heavy (non-hydrogen) atoms. The van der Waals surface area contributed by atoms with Crippen LogP contribution in [0.2, 0.25) is 0 Å². The molecule has 2 saturated heterocycles. The number of nitrogens with zero attached hydrogens (tertiary/aromatic N) is 2. The molecule has 0 amide bonds. The molecule has 3 rings (SSSR count). The van der Waals surface area contributed by atoms with E-state index in [1.54, 1.807) is 0 Å². The van der Waals surface area contributed by atoms with E-state index < -0.39 is 0 Å². The number of rotatable bonds is 3. The highest BCUT2D eigenvalue weighted by molar-refractivity contribution is 9.10. The summed E-state index contributed by atoms with van der Waals surface area (Å²) in [6.07, 6.45) is 3.00. The molecule has 2 heterocycles. The molecule has 1 aromatic rings. The second-order valence-electron chi connectivity index (χ2n) is 5.12. The summed E-state index contributed by atoms with van der Waals surface area (Å²) in [6.45, 7) is 3.21. The van der Waals surface area contributed by atoms with Crippen LogP contribution in [-0.2, 0) is 9.47 Å². The van der Waals surface area contributed by atoms with Crippen LogP contribution < -0.4 is 10.4 Å². The summed E-state index contributed by atoms with van der Waals surface area (Å²) in [5.74, 6) is -0.347. The Morgan fingerprint density at radius 1 is 1.29 bits per heavy atom. The Bertz CT molecular complexity index is 522. The van der Waals surface area contributed by atoms with Gasteiger partial charge in [-0.3, -0.25) is 10.7 Å². The van der Waals surface area contributed by atoms with E-state index in [9.17, 15) is 0 Å². The lowest BCUT2D eigenvalue weighted by Crippen LogP contribution is -2.45. The summed E-state index contributed by atoms with van der Waals surface area (Å²) in [4.78, 5) is 6.37. The van der Waals surface area contributed by atoms with Crippen molar-refractivity contribution >= 4 is 33.6 Å². The van der Waals surface area contributed by atoms with Crippen molar-refractivity contribution in [1.29, 1.82) is 0 Å². The Morgan fingerprint density at radius 2 is 2.00 bits per heavy atom. The van der Waals surface area contributed by atoms with Gasteiger partial charge in [0.25, 0.3) is 0 Å². The highest BCUT2D eigenvalue weighted by Gasteiger charge is 2.39. The van der Waals surface area contributed by atoms with Crippen LogP contribution in [0.5, 0.6) is 0 Å². The Hall–Kier alpha value is -1.15. The third-order valence-corrected chi connectivity index (χ3v) is 4.52. The van der Waals surface area contributed by atoms with E-state index >= 15 is 0 Å². The average Bonchev–Trinajstić information content (AvgIpc) is 2.95. The molecule has 0 aromatic heterocycles. The second kappa shape index (κ2) is 6.31. The lowest BCUT2D eigenvalue weighted by Gasteiger charge is -2.39. The first-order valence-electron chi connectivity index (χ1n) is 6.97. The fourth-order valence-electron chi connectivity index (χ4n) is 2.81. The number of benzene rings is 1. The van der Waals surface area contributed by atoms with Gasteiger partial charge in [-0.05, 0) is 34.1 Å². The monoisotopic (exact) mass is 355 g/mol. The molecule has 0 unspecified atom stereocenters. The first-order chi connectivity index (χ1) is 10.2. The van der Waals surface area contributed by atoms with E-state index in [4.69, 9.17) is 14.7 Å². The molecule has 0 bridgehead atoms. The Labute approximate surface area is 131 Å². The first kappa shape index (κ1) is 14.8. The van der Waals surface area contributed by atoms with Crippen molar-refractivity contribution in [3.63, 3.8) is 0 Å². The van der Waals surface area contributed by atoms with Crippen LogP contribution >= 0.6 is 15.9 Å². The zero-order valence-corrected chi connectivity index (χ0v) is 13.2. The third-order valence-electron chi connectivity index (χ3n) is 3.88. The number of aliphatic imine (C=N–C) groups is 1. The van der Waals surface area contributed by atoms with Gasteiger partial charge in [-0.1, -0.05) is 0 Å². The van der Waals surface area contributed by atoms with Crippen LogP contribution in [0.4, 0.5) is 11.4 Å². The van der Waals surface area contributed by atoms with Crippen molar-refractivity contribution in [3.8, 4) is 0 Å². The van der Waals surface area contributed by atoms with Gasteiger partial charge in [0.2, 0.25) is 0 Å².